The zero-order valence-electron chi connectivity index (χ0n) is 13.8. The molecule has 8 heteroatoms. The molecule has 1 fully saturated rings. The molecule has 0 radical (unpaired) electrons. The van der Waals surface area contributed by atoms with Gasteiger partial charge in [-0.25, -0.2) is 4.98 Å². The molecule has 4 rings (SSSR count). The minimum absolute atomic E-state index is 0.0368. The van der Waals surface area contributed by atoms with Gasteiger partial charge < -0.3 is 9.47 Å². The lowest BCUT2D eigenvalue weighted by atomic mass is 9.96. The number of anilines is 1. The van der Waals surface area contributed by atoms with E-state index < -0.39 is 0 Å². The van der Waals surface area contributed by atoms with Gasteiger partial charge >= 0.3 is 0 Å². The van der Waals surface area contributed by atoms with Crippen molar-refractivity contribution in [1.82, 2.24) is 29.4 Å². The Morgan fingerprint density at radius 2 is 1.96 bits per heavy atom. The molecule has 124 valence electrons. The van der Waals surface area contributed by atoms with Gasteiger partial charge in [-0.15, -0.1) is 10.2 Å². The summed E-state index contributed by atoms with van der Waals surface area (Å²) in [5.41, 5.74) is 1.70. The van der Waals surface area contributed by atoms with E-state index in [4.69, 9.17) is 0 Å². The van der Waals surface area contributed by atoms with Crippen LogP contribution in [0.4, 0.5) is 5.82 Å². The van der Waals surface area contributed by atoms with Crippen LogP contribution in [0.25, 0.3) is 5.65 Å². The Labute approximate surface area is 138 Å². The molecular formula is C16H19N7O. The molecule has 1 aliphatic rings. The molecule has 0 aromatic carbocycles. The maximum atomic E-state index is 11.8. The third-order valence-corrected chi connectivity index (χ3v) is 4.57. The van der Waals surface area contributed by atoms with Crippen molar-refractivity contribution in [2.24, 2.45) is 7.05 Å². The second-order valence-corrected chi connectivity index (χ2v) is 6.26. The van der Waals surface area contributed by atoms with Gasteiger partial charge in [0.05, 0.1) is 12.0 Å². The van der Waals surface area contributed by atoms with Crippen LogP contribution in [0.5, 0.6) is 0 Å². The lowest BCUT2D eigenvalue weighted by Crippen LogP contribution is -2.35. The molecule has 0 atom stereocenters. The summed E-state index contributed by atoms with van der Waals surface area (Å²) >= 11 is 0. The predicted octanol–water partition coefficient (Wildman–Crippen LogP) is 0.910. The Bertz CT molecular complexity index is 937. The Morgan fingerprint density at radius 3 is 2.71 bits per heavy atom. The van der Waals surface area contributed by atoms with E-state index >= 15 is 0 Å². The summed E-state index contributed by atoms with van der Waals surface area (Å²) in [6.07, 6.45) is 3.45. The number of fused-ring (bicyclic) bond motifs is 1. The van der Waals surface area contributed by atoms with Crippen molar-refractivity contribution in [2.75, 3.05) is 18.0 Å². The summed E-state index contributed by atoms with van der Waals surface area (Å²) in [4.78, 5) is 18.3. The molecule has 0 amide bonds. The fourth-order valence-corrected chi connectivity index (χ4v) is 3.14. The van der Waals surface area contributed by atoms with E-state index in [2.05, 4.69) is 25.2 Å². The standard InChI is InChI=1S/C16H19N7O/c1-11-3-4-13-18-19-16(23(13)20-11)12-5-7-22(8-6-12)14-9-15(24)21(2)10-17-14/h3-4,9-10,12H,5-8H2,1-2H3. The van der Waals surface area contributed by atoms with Gasteiger partial charge in [-0.2, -0.15) is 9.61 Å². The van der Waals surface area contributed by atoms with Gasteiger partial charge in [-0.3, -0.25) is 4.79 Å². The largest absolute Gasteiger partial charge is 0.356 e. The normalized spacial score (nSPS) is 16.0. The summed E-state index contributed by atoms with van der Waals surface area (Å²) in [6.45, 7) is 3.64. The third kappa shape index (κ3) is 2.53. The zero-order chi connectivity index (χ0) is 16.7. The molecule has 3 aromatic heterocycles. The van der Waals surface area contributed by atoms with Crippen LogP contribution in [-0.4, -0.2) is 42.5 Å². The molecule has 8 nitrogen and oxygen atoms in total. The van der Waals surface area contributed by atoms with Crippen molar-refractivity contribution in [3.05, 3.63) is 46.4 Å². The van der Waals surface area contributed by atoms with Crippen LogP contribution in [0.15, 0.2) is 29.3 Å². The Morgan fingerprint density at radius 1 is 1.17 bits per heavy atom. The second kappa shape index (κ2) is 5.70. The van der Waals surface area contributed by atoms with Crippen molar-refractivity contribution < 1.29 is 0 Å². The van der Waals surface area contributed by atoms with Crippen molar-refractivity contribution in [3.63, 3.8) is 0 Å². The molecule has 1 aliphatic heterocycles. The van der Waals surface area contributed by atoms with E-state index in [9.17, 15) is 4.79 Å². The van der Waals surface area contributed by atoms with Crippen LogP contribution in [-0.2, 0) is 7.05 Å². The molecule has 0 saturated carbocycles. The molecular weight excluding hydrogens is 306 g/mol. The minimum Gasteiger partial charge on any atom is -0.356 e. The Balaban J connectivity index is 1.54. The third-order valence-electron chi connectivity index (χ3n) is 4.57. The maximum Gasteiger partial charge on any atom is 0.255 e. The van der Waals surface area contributed by atoms with Crippen molar-refractivity contribution in [1.29, 1.82) is 0 Å². The van der Waals surface area contributed by atoms with E-state index in [1.54, 1.807) is 19.4 Å². The van der Waals surface area contributed by atoms with Gasteiger partial charge in [-0.1, -0.05) is 0 Å². The summed E-state index contributed by atoms with van der Waals surface area (Å²) in [5, 5.41) is 13.1. The van der Waals surface area contributed by atoms with Crippen LogP contribution in [0.1, 0.15) is 30.3 Å². The van der Waals surface area contributed by atoms with Gasteiger partial charge in [0.25, 0.3) is 5.56 Å². The van der Waals surface area contributed by atoms with E-state index in [0.29, 0.717) is 5.92 Å². The average Bonchev–Trinajstić information content (AvgIpc) is 3.00. The van der Waals surface area contributed by atoms with Crippen molar-refractivity contribution >= 4 is 11.5 Å². The van der Waals surface area contributed by atoms with Crippen LogP contribution in [0, 0.1) is 6.92 Å². The van der Waals surface area contributed by atoms with E-state index in [0.717, 1.165) is 48.9 Å². The first kappa shape index (κ1) is 14.8. The second-order valence-electron chi connectivity index (χ2n) is 6.26. The number of nitrogens with zero attached hydrogens (tertiary/aromatic N) is 7. The summed E-state index contributed by atoms with van der Waals surface area (Å²) in [6, 6.07) is 5.48. The molecule has 0 aliphatic carbocycles. The van der Waals surface area contributed by atoms with Gasteiger partial charge in [-0.05, 0) is 31.9 Å². The lowest BCUT2D eigenvalue weighted by molar-refractivity contribution is 0.474. The fourth-order valence-electron chi connectivity index (χ4n) is 3.14. The van der Waals surface area contributed by atoms with E-state index in [1.807, 2.05) is 23.6 Å². The molecule has 24 heavy (non-hydrogen) atoms. The average molecular weight is 325 g/mol. The summed E-state index contributed by atoms with van der Waals surface area (Å²) < 4.78 is 3.33. The highest BCUT2D eigenvalue weighted by Crippen LogP contribution is 2.28. The predicted molar refractivity (Wildman–Crippen MR) is 89.2 cm³/mol. The van der Waals surface area contributed by atoms with Gasteiger partial charge in [0.1, 0.15) is 5.82 Å². The number of aryl methyl sites for hydroxylation is 2. The topological polar surface area (TPSA) is 81.2 Å². The first-order valence-electron chi connectivity index (χ1n) is 8.08. The first-order valence-corrected chi connectivity index (χ1v) is 8.08. The lowest BCUT2D eigenvalue weighted by Gasteiger charge is -2.31. The van der Waals surface area contributed by atoms with Crippen LogP contribution >= 0.6 is 0 Å². The summed E-state index contributed by atoms with van der Waals surface area (Å²) in [7, 11) is 1.71. The van der Waals surface area contributed by atoms with Gasteiger partial charge in [0, 0.05) is 32.1 Å². The van der Waals surface area contributed by atoms with E-state index in [1.165, 1.54) is 4.57 Å². The highest BCUT2D eigenvalue weighted by Gasteiger charge is 2.25. The molecule has 0 N–H and O–H groups in total. The molecule has 1 saturated heterocycles. The molecule has 3 aromatic rings. The van der Waals surface area contributed by atoms with Crippen LogP contribution < -0.4 is 10.5 Å². The van der Waals surface area contributed by atoms with Gasteiger partial charge in [0.2, 0.25) is 0 Å². The number of hydrogen-bond acceptors (Lipinski definition) is 6. The number of hydrogen-bond donors (Lipinski definition) is 0. The molecule has 4 heterocycles. The summed E-state index contributed by atoms with van der Waals surface area (Å²) in [5.74, 6) is 1.99. The number of aromatic nitrogens is 6. The Kier molecular flexibility index (Phi) is 3.51. The molecule has 0 bridgehead atoms. The van der Waals surface area contributed by atoms with Crippen molar-refractivity contribution in [3.8, 4) is 0 Å². The Hall–Kier alpha value is -2.77. The maximum absolute atomic E-state index is 11.8. The van der Waals surface area contributed by atoms with Crippen LogP contribution in [0.2, 0.25) is 0 Å². The SMILES string of the molecule is Cc1ccc2nnc(C3CCN(c4cc(=O)n(C)cn4)CC3)n2n1. The number of piperidine rings is 1. The first-order chi connectivity index (χ1) is 11.6. The van der Waals surface area contributed by atoms with Crippen LogP contribution in [0.3, 0.4) is 0 Å². The highest BCUT2D eigenvalue weighted by molar-refractivity contribution is 5.39. The van der Waals surface area contributed by atoms with Crippen molar-refractivity contribution in [2.45, 2.75) is 25.7 Å². The monoisotopic (exact) mass is 325 g/mol. The zero-order valence-corrected chi connectivity index (χ0v) is 13.8. The minimum atomic E-state index is -0.0368. The molecule has 0 unspecified atom stereocenters. The fraction of sp³-hybridized carbons (Fsp3) is 0.438. The van der Waals surface area contributed by atoms with E-state index in [-0.39, 0.29) is 5.56 Å². The van der Waals surface area contributed by atoms with Gasteiger partial charge in [0.15, 0.2) is 11.5 Å². The molecule has 0 spiro atoms. The number of rotatable bonds is 2. The highest BCUT2D eigenvalue weighted by atomic mass is 16.1. The quantitative estimate of drug-likeness (QED) is 0.697. The smallest absolute Gasteiger partial charge is 0.255 e.